The molecule has 0 spiro atoms. The van der Waals surface area contributed by atoms with E-state index in [9.17, 15) is 0 Å². The summed E-state index contributed by atoms with van der Waals surface area (Å²) in [6.07, 6.45) is 7.54. The summed E-state index contributed by atoms with van der Waals surface area (Å²) in [7, 11) is 0. The van der Waals surface area contributed by atoms with Crippen LogP contribution < -0.4 is 0 Å². The quantitative estimate of drug-likeness (QED) is 0.532. The molecule has 0 aromatic rings. The highest BCUT2D eigenvalue weighted by Gasteiger charge is 2.46. The largest absolute Gasteiger partial charge is 0.297 e. The van der Waals surface area contributed by atoms with Gasteiger partial charge >= 0.3 is 0 Å². The van der Waals surface area contributed by atoms with Crippen molar-refractivity contribution in [2.75, 3.05) is 6.54 Å². The molecule has 0 aromatic carbocycles. The molecule has 1 aliphatic carbocycles. The minimum atomic E-state index is 1.01. The first-order chi connectivity index (χ1) is 5.84. The van der Waals surface area contributed by atoms with Crippen LogP contribution in [0.1, 0.15) is 39.0 Å². The van der Waals surface area contributed by atoms with Gasteiger partial charge in [0.25, 0.3) is 0 Å². The maximum atomic E-state index is 2.83. The van der Waals surface area contributed by atoms with E-state index in [4.69, 9.17) is 0 Å². The molecule has 3 rings (SSSR count). The van der Waals surface area contributed by atoms with Crippen LogP contribution in [-0.4, -0.2) is 23.5 Å². The summed E-state index contributed by atoms with van der Waals surface area (Å²) in [6.45, 7) is 3.85. The smallest absolute Gasteiger partial charge is 0.0130 e. The zero-order chi connectivity index (χ0) is 8.13. The number of fused-ring (bicyclic) bond motifs is 3. The second kappa shape index (κ2) is 2.47. The Morgan fingerprint density at radius 2 is 2.08 bits per heavy atom. The molecule has 4 atom stereocenters. The number of hydrogen-bond acceptors (Lipinski definition) is 1. The van der Waals surface area contributed by atoms with E-state index in [1.54, 1.807) is 0 Å². The van der Waals surface area contributed by atoms with Crippen LogP contribution in [0.5, 0.6) is 0 Å². The maximum absolute atomic E-state index is 2.83. The van der Waals surface area contributed by atoms with Gasteiger partial charge in [0, 0.05) is 12.1 Å². The second-order valence-corrected chi connectivity index (χ2v) is 5.17. The number of nitrogens with zero attached hydrogens (tertiary/aromatic N) is 1. The molecular formula is C11H19N. The SMILES string of the molecule is C[C@@H]1C[C@@H]2C[C@@H]3CCCN3[C@@H]2C1. The van der Waals surface area contributed by atoms with Gasteiger partial charge in [-0.1, -0.05) is 6.92 Å². The molecule has 1 nitrogen and oxygen atoms in total. The van der Waals surface area contributed by atoms with E-state index in [1.807, 2.05) is 0 Å². The molecule has 12 heavy (non-hydrogen) atoms. The highest BCUT2D eigenvalue weighted by molar-refractivity contribution is 5.01. The van der Waals surface area contributed by atoms with Gasteiger partial charge in [0.05, 0.1) is 0 Å². The van der Waals surface area contributed by atoms with Crippen LogP contribution in [0.4, 0.5) is 0 Å². The van der Waals surface area contributed by atoms with Crippen LogP contribution in [0, 0.1) is 11.8 Å². The Hall–Kier alpha value is -0.0400. The highest BCUT2D eigenvalue weighted by Crippen LogP contribution is 2.46. The van der Waals surface area contributed by atoms with Crippen molar-refractivity contribution in [3.63, 3.8) is 0 Å². The highest BCUT2D eigenvalue weighted by atomic mass is 15.2. The van der Waals surface area contributed by atoms with Crippen LogP contribution in [0.15, 0.2) is 0 Å². The third kappa shape index (κ3) is 0.891. The molecule has 0 radical (unpaired) electrons. The summed E-state index contributed by atoms with van der Waals surface area (Å²) in [5.41, 5.74) is 0. The first kappa shape index (κ1) is 7.37. The summed E-state index contributed by atoms with van der Waals surface area (Å²) >= 11 is 0. The lowest BCUT2D eigenvalue weighted by atomic mass is 9.99. The van der Waals surface area contributed by atoms with E-state index < -0.39 is 0 Å². The Morgan fingerprint density at radius 1 is 1.17 bits per heavy atom. The van der Waals surface area contributed by atoms with Crippen LogP contribution in [-0.2, 0) is 0 Å². The molecule has 1 saturated carbocycles. The predicted octanol–water partition coefficient (Wildman–Crippen LogP) is 2.27. The summed E-state index contributed by atoms with van der Waals surface area (Å²) in [4.78, 5) is 2.83. The number of rotatable bonds is 0. The van der Waals surface area contributed by atoms with E-state index >= 15 is 0 Å². The summed E-state index contributed by atoms with van der Waals surface area (Å²) in [6, 6.07) is 2.01. The van der Waals surface area contributed by atoms with Gasteiger partial charge in [-0.2, -0.15) is 0 Å². The Kier molecular flexibility index (Phi) is 1.52. The van der Waals surface area contributed by atoms with E-state index in [0.29, 0.717) is 0 Å². The van der Waals surface area contributed by atoms with Gasteiger partial charge in [-0.05, 0) is 50.5 Å². The van der Waals surface area contributed by atoms with Crippen LogP contribution in [0.3, 0.4) is 0 Å². The topological polar surface area (TPSA) is 3.24 Å². The van der Waals surface area contributed by atoms with Gasteiger partial charge in [-0.3, -0.25) is 4.90 Å². The van der Waals surface area contributed by atoms with Crippen LogP contribution in [0.25, 0.3) is 0 Å². The van der Waals surface area contributed by atoms with Crippen LogP contribution in [0.2, 0.25) is 0 Å². The molecule has 68 valence electrons. The third-order valence-corrected chi connectivity index (χ3v) is 4.32. The van der Waals surface area contributed by atoms with Crippen molar-refractivity contribution in [3.8, 4) is 0 Å². The minimum Gasteiger partial charge on any atom is -0.297 e. The first-order valence-corrected chi connectivity index (χ1v) is 5.60. The Balaban J connectivity index is 1.80. The fourth-order valence-corrected chi connectivity index (χ4v) is 3.93. The zero-order valence-electron chi connectivity index (χ0n) is 8.00. The van der Waals surface area contributed by atoms with Crippen molar-refractivity contribution >= 4 is 0 Å². The molecule has 0 unspecified atom stereocenters. The van der Waals surface area contributed by atoms with E-state index in [1.165, 1.54) is 38.6 Å². The van der Waals surface area contributed by atoms with Crippen molar-refractivity contribution in [1.82, 2.24) is 4.90 Å². The Labute approximate surface area is 75.1 Å². The number of hydrogen-bond donors (Lipinski definition) is 0. The van der Waals surface area contributed by atoms with Crippen molar-refractivity contribution in [2.45, 2.75) is 51.1 Å². The predicted molar refractivity (Wildman–Crippen MR) is 50.0 cm³/mol. The van der Waals surface area contributed by atoms with E-state index in [0.717, 1.165) is 23.9 Å². The van der Waals surface area contributed by atoms with Crippen molar-refractivity contribution in [1.29, 1.82) is 0 Å². The van der Waals surface area contributed by atoms with Gasteiger partial charge in [0.1, 0.15) is 0 Å². The third-order valence-electron chi connectivity index (χ3n) is 4.32. The maximum Gasteiger partial charge on any atom is 0.0130 e. The van der Waals surface area contributed by atoms with Crippen LogP contribution >= 0.6 is 0 Å². The molecule has 0 bridgehead atoms. The molecule has 3 aliphatic rings. The van der Waals surface area contributed by atoms with E-state index in [2.05, 4.69) is 11.8 Å². The summed E-state index contributed by atoms with van der Waals surface area (Å²) in [5, 5.41) is 0. The molecule has 0 aromatic heterocycles. The molecule has 2 aliphatic heterocycles. The minimum absolute atomic E-state index is 1.01. The van der Waals surface area contributed by atoms with E-state index in [-0.39, 0.29) is 0 Å². The van der Waals surface area contributed by atoms with Gasteiger partial charge in [-0.15, -0.1) is 0 Å². The molecule has 0 N–H and O–H groups in total. The lowest BCUT2D eigenvalue weighted by Gasteiger charge is -2.22. The van der Waals surface area contributed by atoms with Crippen molar-refractivity contribution in [2.24, 2.45) is 11.8 Å². The normalized spacial score (nSPS) is 52.8. The molecule has 2 saturated heterocycles. The average Bonchev–Trinajstić information content (AvgIpc) is 2.59. The fraction of sp³-hybridized carbons (Fsp3) is 1.00. The lowest BCUT2D eigenvalue weighted by molar-refractivity contribution is 0.231. The van der Waals surface area contributed by atoms with Gasteiger partial charge in [0.2, 0.25) is 0 Å². The molecule has 3 fully saturated rings. The standard InChI is InChI=1S/C11H19N/c1-8-5-9-7-10-3-2-4-12(10)11(9)6-8/h8-11H,2-7H2,1H3/t8-,9-,10+,11-/m1/s1. The van der Waals surface area contributed by atoms with Gasteiger partial charge in [-0.25, -0.2) is 0 Å². The lowest BCUT2D eigenvalue weighted by Crippen LogP contribution is -2.31. The summed E-state index contributed by atoms with van der Waals surface area (Å²) < 4.78 is 0. The van der Waals surface area contributed by atoms with Crippen molar-refractivity contribution in [3.05, 3.63) is 0 Å². The average molecular weight is 165 g/mol. The molecular weight excluding hydrogens is 146 g/mol. The van der Waals surface area contributed by atoms with Gasteiger partial charge < -0.3 is 0 Å². The second-order valence-electron chi connectivity index (χ2n) is 5.17. The zero-order valence-corrected chi connectivity index (χ0v) is 8.00. The molecule has 2 heterocycles. The summed E-state index contributed by atoms with van der Waals surface area (Å²) in [5.74, 6) is 2.10. The monoisotopic (exact) mass is 165 g/mol. The molecule has 1 heteroatoms. The van der Waals surface area contributed by atoms with Gasteiger partial charge in [0.15, 0.2) is 0 Å². The van der Waals surface area contributed by atoms with Crippen molar-refractivity contribution < 1.29 is 0 Å². The molecule has 0 amide bonds. The Morgan fingerprint density at radius 3 is 3.00 bits per heavy atom. The first-order valence-electron chi connectivity index (χ1n) is 5.60. The fourth-order valence-electron chi connectivity index (χ4n) is 3.93. The Bertz CT molecular complexity index is 189.